The molecule has 2 N–H and O–H groups in total. The molecule has 0 radical (unpaired) electrons. The fourth-order valence-corrected chi connectivity index (χ4v) is 3.29. The average Bonchev–Trinajstić information content (AvgIpc) is 2.83. The second kappa shape index (κ2) is 11.6. The van der Waals surface area contributed by atoms with Crippen LogP contribution < -0.4 is 20.1 Å². The van der Waals surface area contributed by atoms with Crippen molar-refractivity contribution in [1.29, 1.82) is 0 Å². The lowest BCUT2D eigenvalue weighted by molar-refractivity contribution is -0.128. The van der Waals surface area contributed by atoms with E-state index in [4.69, 9.17) is 9.47 Å². The fourth-order valence-electron chi connectivity index (χ4n) is 3.29. The van der Waals surface area contributed by atoms with Gasteiger partial charge in [-0.1, -0.05) is 54.6 Å². The maximum Gasteiger partial charge on any atom is 0.243 e. The van der Waals surface area contributed by atoms with Gasteiger partial charge < -0.3 is 20.1 Å². The number of rotatable bonds is 10. The Morgan fingerprint density at radius 1 is 0.750 bits per heavy atom. The van der Waals surface area contributed by atoms with Crippen molar-refractivity contribution in [3.8, 4) is 11.5 Å². The number of carbonyl (C=O) groups is 2. The predicted molar refractivity (Wildman–Crippen MR) is 124 cm³/mol. The highest BCUT2D eigenvalue weighted by Gasteiger charge is 2.21. The molecule has 6 heteroatoms. The van der Waals surface area contributed by atoms with Gasteiger partial charge in [-0.15, -0.1) is 0 Å². The van der Waals surface area contributed by atoms with Crippen molar-refractivity contribution in [2.75, 3.05) is 14.2 Å². The molecule has 0 unspecified atom stereocenters. The zero-order valence-electron chi connectivity index (χ0n) is 18.3. The lowest BCUT2D eigenvalue weighted by Crippen LogP contribution is -2.48. The molecule has 0 saturated carbocycles. The van der Waals surface area contributed by atoms with Crippen LogP contribution in [0.25, 0.3) is 0 Å². The Hall–Kier alpha value is -3.80. The topological polar surface area (TPSA) is 76.7 Å². The van der Waals surface area contributed by atoms with Crippen LogP contribution in [0.15, 0.2) is 78.9 Å². The first-order valence-corrected chi connectivity index (χ1v) is 10.4. The maximum absolute atomic E-state index is 12.9. The van der Waals surface area contributed by atoms with Gasteiger partial charge in [0.15, 0.2) is 0 Å². The van der Waals surface area contributed by atoms with Crippen LogP contribution in [0, 0.1) is 0 Å². The molecule has 0 bridgehead atoms. The highest BCUT2D eigenvalue weighted by atomic mass is 16.5. The van der Waals surface area contributed by atoms with Crippen LogP contribution >= 0.6 is 0 Å². The third-order valence-electron chi connectivity index (χ3n) is 5.08. The second-order valence-corrected chi connectivity index (χ2v) is 7.40. The third-order valence-corrected chi connectivity index (χ3v) is 5.08. The zero-order chi connectivity index (χ0) is 22.8. The molecule has 3 rings (SSSR count). The van der Waals surface area contributed by atoms with E-state index >= 15 is 0 Å². The maximum atomic E-state index is 12.9. The summed E-state index contributed by atoms with van der Waals surface area (Å²) in [7, 11) is 3.20. The average molecular weight is 433 g/mol. The van der Waals surface area contributed by atoms with Gasteiger partial charge in [0.2, 0.25) is 11.8 Å². The molecule has 0 heterocycles. The van der Waals surface area contributed by atoms with Crippen LogP contribution in [-0.4, -0.2) is 32.1 Å². The minimum Gasteiger partial charge on any atom is -0.497 e. The van der Waals surface area contributed by atoms with Gasteiger partial charge in [-0.2, -0.15) is 0 Å². The summed E-state index contributed by atoms with van der Waals surface area (Å²) in [6.07, 6.45) is 0.550. The molecule has 1 atom stereocenters. The molecule has 3 aromatic rings. The van der Waals surface area contributed by atoms with Gasteiger partial charge in [-0.25, -0.2) is 0 Å². The molecule has 3 aromatic carbocycles. The molecule has 0 saturated heterocycles. The number of amides is 2. The Morgan fingerprint density at radius 3 is 1.88 bits per heavy atom. The third kappa shape index (κ3) is 6.87. The van der Waals surface area contributed by atoms with Crippen molar-refractivity contribution < 1.29 is 19.1 Å². The monoisotopic (exact) mass is 432 g/mol. The Balaban J connectivity index is 1.67. The van der Waals surface area contributed by atoms with Gasteiger partial charge in [0.1, 0.15) is 17.5 Å². The smallest absolute Gasteiger partial charge is 0.243 e. The fraction of sp³-hybridized carbons (Fsp3) is 0.231. The number of carbonyl (C=O) groups excluding carboxylic acids is 2. The number of hydrogen-bond donors (Lipinski definition) is 2. The standard InChI is InChI=1S/C26H28N2O4/c1-31-22-12-8-19(9-13-22)16-24(26(30)27-18-21-6-4-3-5-7-21)28-25(29)17-20-10-14-23(32-2)15-11-20/h3-15,24H,16-18H2,1-2H3,(H,27,30)(H,28,29)/t24-/m1/s1. The summed E-state index contributed by atoms with van der Waals surface area (Å²) in [4.78, 5) is 25.7. The first-order valence-electron chi connectivity index (χ1n) is 10.4. The van der Waals surface area contributed by atoms with Gasteiger partial charge >= 0.3 is 0 Å². The molecule has 0 aliphatic heterocycles. The van der Waals surface area contributed by atoms with E-state index in [0.717, 1.165) is 28.2 Å². The van der Waals surface area contributed by atoms with Crippen LogP contribution in [0.5, 0.6) is 11.5 Å². The van der Waals surface area contributed by atoms with Crippen molar-refractivity contribution in [3.63, 3.8) is 0 Å². The Labute approximate surface area is 188 Å². The van der Waals surface area contributed by atoms with Crippen molar-refractivity contribution in [2.45, 2.75) is 25.4 Å². The van der Waals surface area contributed by atoms with Crippen molar-refractivity contribution in [3.05, 3.63) is 95.6 Å². The summed E-state index contributed by atoms with van der Waals surface area (Å²) in [5.74, 6) is 1.02. The lowest BCUT2D eigenvalue weighted by Gasteiger charge is -2.19. The van der Waals surface area contributed by atoms with Crippen molar-refractivity contribution in [1.82, 2.24) is 10.6 Å². The molecule has 32 heavy (non-hydrogen) atoms. The normalized spacial score (nSPS) is 11.3. The number of nitrogens with one attached hydrogen (secondary N) is 2. The molecule has 0 aliphatic carbocycles. The summed E-state index contributed by atoms with van der Waals surface area (Å²) in [6, 6.07) is 23.7. The zero-order valence-corrected chi connectivity index (χ0v) is 18.3. The summed E-state index contributed by atoms with van der Waals surface area (Å²) < 4.78 is 10.4. The van der Waals surface area contributed by atoms with Gasteiger partial charge in [-0.3, -0.25) is 9.59 Å². The predicted octanol–water partition coefficient (Wildman–Crippen LogP) is 3.29. The van der Waals surface area contributed by atoms with Gasteiger partial charge in [0.05, 0.1) is 20.6 Å². The molecule has 0 aliphatic rings. The molecule has 6 nitrogen and oxygen atoms in total. The van der Waals surface area contributed by atoms with E-state index in [1.54, 1.807) is 14.2 Å². The first-order chi connectivity index (χ1) is 15.6. The van der Waals surface area contributed by atoms with Crippen LogP contribution in [0.3, 0.4) is 0 Å². The van der Waals surface area contributed by atoms with Gasteiger partial charge in [-0.05, 0) is 41.0 Å². The second-order valence-electron chi connectivity index (χ2n) is 7.40. The van der Waals surface area contributed by atoms with Crippen LogP contribution in [0.1, 0.15) is 16.7 Å². The molecular weight excluding hydrogens is 404 g/mol. The highest BCUT2D eigenvalue weighted by molar-refractivity contribution is 5.88. The summed E-state index contributed by atoms with van der Waals surface area (Å²) in [6.45, 7) is 0.396. The Kier molecular flexibility index (Phi) is 8.26. The van der Waals surface area contributed by atoms with Gasteiger partial charge in [0, 0.05) is 13.0 Å². The highest BCUT2D eigenvalue weighted by Crippen LogP contribution is 2.14. The Bertz CT molecular complexity index is 1000. The number of methoxy groups -OCH3 is 2. The van der Waals surface area contributed by atoms with E-state index in [9.17, 15) is 9.59 Å². The van der Waals surface area contributed by atoms with Crippen LogP contribution in [-0.2, 0) is 29.0 Å². The molecule has 0 aromatic heterocycles. The Morgan fingerprint density at radius 2 is 1.31 bits per heavy atom. The van der Waals surface area contributed by atoms with Gasteiger partial charge in [0.25, 0.3) is 0 Å². The van der Waals surface area contributed by atoms with E-state index in [-0.39, 0.29) is 18.2 Å². The summed E-state index contributed by atoms with van der Waals surface area (Å²) >= 11 is 0. The molecule has 0 spiro atoms. The van der Waals surface area contributed by atoms with E-state index in [0.29, 0.717) is 13.0 Å². The SMILES string of the molecule is COc1ccc(CC(=O)N[C@H](Cc2ccc(OC)cc2)C(=O)NCc2ccccc2)cc1. The molecule has 166 valence electrons. The largest absolute Gasteiger partial charge is 0.497 e. The first kappa shape index (κ1) is 22.9. The van der Waals surface area contributed by atoms with E-state index in [2.05, 4.69) is 10.6 Å². The minimum absolute atomic E-state index is 0.176. The van der Waals surface area contributed by atoms with Crippen LogP contribution in [0.2, 0.25) is 0 Å². The number of benzene rings is 3. The van der Waals surface area contributed by atoms with Crippen molar-refractivity contribution in [2.24, 2.45) is 0 Å². The quantitative estimate of drug-likeness (QED) is 0.516. The number of ether oxygens (including phenoxy) is 2. The summed E-state index contributed by atoms with van der Waals surface area (Å²) in [5, 5.41) is 5.83. The minimum atomic E-state index is -0.696. The van der Waals surface area contributed by atoms with E-state index in [1.165, 1.54) is 0 Å². The molecule has 2 amide bonds. The lowest BCUT2D eigenvalue weighted by atomic mass is 10.0. The number of hydrogen-bond acceptors (Lipinski definition) is 4. The van der Waals surface area contributed by atoms with E-state index in [1.807, 2.05) is 78.9 Å². The van der Waals surface area contributed by atoms with Crippen molar-refractivity contribution >= 4 is 11.8 Å². The molecular formula is C26H28N2O4. The van der Waals surface area contributed by atoms with Crippen LogP contribution in [0.4, 0.5) is 0 Å². The summed E-state index contributed by atoms with van der Waals surface area (Å²) in [5.41, 5.74) is 2.76. The van der Waals surface area contributed by atoms with E-state index < -0.39 is 6.04 Å². The molecule has 0 fully saturated rings.